The standard InChI is InChI=1S/C19H19NO5/c1-23-17-11-14(19(22)24-2)7-8-16(17)25-12-18(21)20-10-9-13-5-3-4-6-15(13)20/h3-8,11H,9-10,12H2,1-2H3. The largest absolute Gasteiger partial charge is 0.493 e. The second-order valence-electron chi connectivity index (χ2n) is 5.57. The first kappa shape index (κ1) is 16.8. The Balaban J connectivity index is 1.69. The van der Waals surface area contributed by atoms with Gasteiger partial charge < -0.3 is 19.1 Å². The summed E-state index contributed by atoms with van der Waals surface area (Å²) in [5.74, 6) is 0.187. The molecule has 130 valence electrons. The van der Waals surface area contributed by atoms with Crippen LogP contribution in [-0.4, -0.2) is 39.2 Å². The van der Waals surface area contributed by atoms with Crippen molar-refractivity contribution in [1.82, 2.24) is 0 Å². The molecule has 2 aromatic rings. The van der Waals surface area contributed by atoms with Crippen LogP contribution in [0.25, 0.3) is 0 Å². The van der Waals surface area contributed by atoms with Crippen LogP contribution in [0.4, 0.5) is 5.69 Å². The van der Waals surface area contributed by atoms with Crippen molar-refractivity contribution < 1.29 is 23.8 Å². The number of fused-ring (bicyclic) bond motifs is 1. The summed E-state index contributed by atoms with van der Waals surface area (Å²) in [4.78, 5) is 25.8. The molecule has 0 fully saturated rings. The van der Waals surface area contributed by atoms with Crippen molar-refractivity contribution in [2.75, 3.05) is 32.3 Å². The summed E-state index contributed by atoms with van der Waals surface area (Å²) in [6.07, 6.45) is 0.846. The first-order valence-corrected chi connectivity index (χ1v) is 7.91. The van der Waals surface area contributed by atoms with E-state index < -0.39 is 5.97 Å². The molecule has 0 unspecified atom stereocenters. The van der Waals surface area contributed by atoms with E-state index in [1.165, 1.54) is 20.3 Å². The Bertz CT molecular complexity index is 802. The fraction of sp³-hybridized carbons (Fsp3) is 0.263. The number of esters is 1. The van der Waals surface area contributed by atoms with Crippen LogP contribution in [-0.2, 0) is 16.0 Å². The molecular weight excluding hydrogens is 322 g/mol. The van der Waals surface area contributed by atoms with E-state index in [1.807, 2.05) is 24.3 Å². The second-order valence-corrected chi connectivity index (χ2v) is 5.57. The number of nitrogens with zero attached hydrogens (tertiary/aromatic N) is 1. The van der Waals surface area contributed by atoms with Gasteiger partial charge in [0.25, 0.3) is 5.91 Å². The summed E-state index contributed by atoms with van der Waals surface area (Å²) in [5.41, 5.74) is 2.45. The average molecular weight is 341 g/mol. The van der Waals surface area contributed by atoms with Crippen LogP contribution in [0, 0.1) is 0 Å². The molecule has 0 saturated carbocycles. The van der Waals surface area contributed by atoms with E-state index in [9.17, 15) is 9.59 Å². The van der Waals surface area contributed by atoms with Crippen molar-refractivity contribution >= 4 is 17.6 Å². The van der Waals surface area contributed by atoms with Crippen LogP contribution in [0.15, 0.2) is 42.5 Å². The zero-order chi connectivity index (χ0) is 17.8. The highest BCUT2D eigenvalue weighted by Crippen LogP contribution is 2.30. The number of hydrogen-bond donors (Lipinski definition) is 0. The number of amides is 1. The SMILES string of the molecule is COC(=O)c1ccc(OCC(=O)N2CCc3ccccc32)c(OC)c1. The number of methoxy groups -OCH3 is 2. The molecule has 1 aliphatic heterocycles. The van der Waals surface area contributed by atoms with E-state index in [0.29, 0.717) is 23.6 Å². The number of benzene rings is 2. The third-order valence-corrected chi connectivity index (χ3v) is 4.12. The number of para-hydroxylation sites is 1. The van der Waals surface area contributed by atoms with Gasteiger partial charge >= 0.3 is 5.97 Å². The summed E-state index contributed by atoms with van der Waals surface area (Å²) in [6, 6.07) is 12.5. The molecule has 6 nitrogen and oxygen atoms in total. The Kier molecular flexibility index (Phi) is 4.88. The van der Waals surface area contributed by atoms with Gasteiger partial charge in [-0.15, -0.1) is 0 Å². The molecule has 3 rings (SSSR count). The van der Waals surface area contributed by atoms with Gasteiger partial charge in [-0.25, -0.2) is 4.79 Å². The number of anilines is 1. The summed E-state index contributed by atoms with van der Waals surface area (Å²) in [7, 11) is 2.79. The van der Waals surface area contributed by atoms with Gasteiger partial charge in [0.15, 0.2) is 18.1 Å². The third-order valence-electron chi connectivity index (χ3n) is 4.12. The van der Waals surface area contributed by atoms with Gasteiger partial charge in [-0.1, -0.05) is 18.2 Å². The van der Waals surface area contributed by atoms with Gasteiger partial charge in [-0.05, 0) is 36.2 Å². The van der Waals surface area contributed by atoms with E-state index in [-0.39, 0.29) is 12.5 Å². The lowest BCUT2D eigenvalue weighted by Gasteiger charge is -2.18. The molecular formula is C19H19NO5. The smallest absolute Gasteiger partial charge is 0.337 e. The Hall–Kier alpha value is -3.02. The molecule has 0 saturated heterocycles. The lowest BCUT2D eigenvalue weighted by atomic mass is 10.2. The van der Waals surface area contributed by atoms with Crippen LogP contribution >= 0.6 is 0 Å². The van der Waals surface area contributed by atoms with E-state index in [4.69, 9.17) is 9.47 Å². The molecule has 0 aliphatic carbocycles. The molecule has 1 amide bonds. The minimum absolute atomic E-state index is 0.109. The van der Waals surface area contributed by atoms with Crippen LogP contribution in [0.5, 0.6) is 11.5 Å². The molecule has 0 radical (unpaired) electrons. The molecule has 0 aromatic heterocycles. The predicted octanol–water partition coefficient (Wildman–Crippen LogP) is 2.45. The lowest BCUT2D eigenvalue weighted by Crippen LogP contribution is -2.33. The van der Waals surface area contributed by atoms with Crippen molar-refractivity contribution in [2.45, 2.75) is 6.42 Å². The predicted molar refractivity (Wildman–Crippen MR) is 92.3 cm³/mol. The summed E-state index contributed by atoms with van der Waals surface area (Å²) in [5, 5.41) is 0. The molecule has 0 atom stereocenters. The highest BCUT2D eigenvalue weighted by atomic mass is 16.5. The van der Waals surface area contributed by atoms with Crippen molar-refractivity contribution in [3.63, 3.8) is 0 Å². The molecule has 6 heteroatoms. The van der Waals surface area contributed by atoms with E-state index >= 15 is 0 Å². The highest BCUT2D eigenvalue weighted by molar-refractivity contribution is 5.96. The lowest BCUT2D eigenvalue weighted by molar-refractivity contribution is -0.120. The fourth-order valence-electron chi connectivity index (χ4n) is 2.85. The van der Waals surface area contributed by atoms with E-state index in [1.54, 1.807) is 17.0 Å². The van der Waals surface area contributed by atoms with Gasteiger partial charge in [0, 0.05) is 12.2 Å². The topological polar surface area (TPSA) is 65.1 Å². The van der Waals surface area contributed by atoms with Gasteiger partial charge in [0.05, 0.1) is 19.8 Å². The Morgan fingerprint density at radius 1 is 1.08 bits per heavy atom. The monoisotopic (exact) mass is 341 g/mol. The number of hydrogen-bond acceptors (Lipinski definition) is 5. The van der Waals surface area contributed by atoms with Crippen LogP contribution in [0.3, 0.4) is 0 Å². The quantitative estimate of drug-likeness (QED) is 0.782. The fourth-order valence-corrected chi connectivity index (χ4v) is 2.85. The number of rotatable bonds is 5. The molecule has 1 aliphatic rings. The van der Waals surface area contributed by atoms with Gasteiger partial charge in [0.2, 0.25) is 0 Å². The molecule has 25 heavy (non-hydrogen) atoms. The third kappa shape index (κ3) is 3.42. The minimum Gasteiger partial charge on any atom is -0.493 e. The average Bonchev–Trinajstić information content (AvgIpc) is 3.09. The van der Waals surface area contributed by atoms with Crippen LogP contribution < -0.4 is 14.4 Å². The van der Waals surface area contributed by atoms with E-state index in [0.717, 1.165) is 17.7 Å². The first-order valence-electron chi connectivity index (χ1n) is 7.91. The molecule has 2 aromatic carbocycles. The van der Waals surface area contributed by atoms with Crippen molar-refractivity contribution in [2.24, 2.45) is 0 Å². The first-order chi connectivity index (χ1) is 12.1. The maximum Gasteiger partial charge on any atom is 0.337 e. The summed E-state index contributed by atoms with van der Waals surface area (Å²) < 4.78 is 15.5. The zero-order valence-corrected chi connectivity index (χ0v) is 14.2. The molecule has 0 N–H and O–H groups in total. The maximum atomic E-state index is 12.5. The highest BCUT2D eigenvalue weighted by Gasteiger charge is 2.24. The van der Waals surface area contributed by atoms with E-state index in [2.05, 4.69) is 4.74 Å². The van der Waals surface area contributed by atoms with Crippen molar-refractivity contribution in [1.29, 1.82) is 0 Å². The second kappa shape index (κ2) is 7.25. The van der Waals surface area contributed by atoms with Crippen molar-refractivity contribution in [3.8, 4) is 11.5 Å². The van der Waals surface area contributed by atoms with Crippen LogP contribution in [0.2, 0.25) is 0 Å². The van der Waals surface area contributed by atoms with Gasteiger partial charge in [-0.2, -0.15) is 0 Å². The van der Waals surface area contributed by atoms with Gasteiger partial charge in [-0.3, -0.25) is 4.79 Å². The molecule has 1 heterocycles. The number of carbonyl (C=O) groups is 2. The van der Waals surface area contributed by atoms with Crippen molar-refractivity contribution in [3.05, 3.63) is 53.6 Å². The summed E-state index contributed by atoms with van der Waals surface area (Å²) >= 11 is 0. The number of carbonyl (C=O) groups excluding carboxylic acids is 2. The normalized spacial score (nSPS) is 12.5. The molecule has 0 spiro atoms. The minimum atomic E-state index is -0.463. The van der Waals surface area contributed by atoms with Gasteiger partial charge in [0.1, 0.15) is 0 Å². The zero-order valence-electron chi connectivity index (χ0n) is 14.2. The van der Waals surface area contributed by atoms with Crippen LogP contribution in [0.1, 0.15) is 15.9 Å². The maximum absolute atomic E-state index is 12.5. The number of ether oxygens (including phenoxy) is 3. The molecule has 0 bridgehead atoms. The Labute approximate surface area is 145 Å². The Morgan fingerprint density at radius 2 is 1.88 bits per heavy atom. The Morgan fingerprint density at radius 3 is 2.64 bits per heavy atom. The summed E-state index contributed by atoms with van der Waals surface area (Å²) in [6.45, 7) is 0.544.